The van der Waals surface area contributed by atoms with Crippen LogP contribution in [0.15, 0.2) is 18.2 Å². The zero-order chi connectivity index (χ0) is 15.3. The van der Waals surface area contributed by atoms with Crippen molar-refractivity contribution in [3.8, 4) is 0 Å². The van der Waals surface area contributed by atoms with Crippen LogP contribution in [0.5, 0.6) is 0 Å². The Balaban J connectivity index is 2.82. The molecule has 0 radical (unpaired) electrons. The highest BCUT2D eigenvalue weighted by Gasteiger charge is 2.25. The number of thioether (sulfide) groups is 1. The largest absolute Gasteiger partial charge is 0.395 e. The van der Waals surface area contributed by atoms with Crippen LogP contribution in [0.25, 0.3) is 0 Å². The van der Waals surface area contributed by atoms with Crippen LogP contribution in [-0.2, 0) is 4.79 Å². The number of hydrogen-bond acceptors (Lipinski definition) is 3. The molecule has 0 fully saturated rings. The number of rotatable bonds is 6. The third-order valence-corrected chi connectivity index (χ3v) is 4.40. The molecule has 0 spiro atoms. The van der Waals surface area contributed by atoms with Gasteiger partial charge in [0, 0.05) is 16.9 Å². The fraction of sp³-hybridized carbons (Fsp3) is 0.500. The molecule has 0 bridgehead atoms. The van der Waals surface area contributed by atoms with E-state index in [2.05, 4.69) is 5.32 Å². The van der Waals surface area contributed by atoms with E-state index in [0.717, 1.165) is 12.1 Å². The Hall–Kier alpha value is -1.14. The summed E-state index contributed by atoms with van der Waals surface area (Å²) in [5.74, 6) is -2.86. The molecule has 3 nitrogen and oxygen atoms in total. The van der Waals surface area contributed by atoms with Crippen LogP contribution in [0.1, 0.15) is 25.3 Å². The van der Waals surface area contributed by atoms with E-state index in [-0.39, 0.29) is 23.5 Å². The van der Waals surface area contributed by atoms with Gasteiger partial charge in [0.1, 0.15) is 11.6 Å². The zero-order valence-electron chi connectivity index (χ0n) is 11.7. The molecule has 0 aliphatic heterocycles. The molecule has 112 valence electrons. The predicted molar refractivity (Wildman–Crippen MR) is 76.8 cm³/mol. The molecular formula is C14H19F2NO2S. The third-order valence-electron chi connectivity index (χ3n) is 3.24. The second kappa shape index (κ2) is 7.59. The Morgan fingerprint density at radius 2 is 1.90 bits per heavy atom. The Kier molecular flexibility index (Phi) is 6.42. The van der Waals surface area contributed by atoms with Gasteiger partial charge in [-0.25, -0.2) is 8.78 Å². The average molecular weight is 303 g/mol. The molecule has 1 amide bonds. The molecule has 0 saturated heterocycles. The molecule has 0 aromatic heterocycles. The zero-order valence-corrected chi connectivity index (χ0v) is 12.5. The van der Waals surface area contributed by atoms with Gasteiger partial charge >= 0.3 is 0 Å². The summed E-state index contributed by atoms with van der Waals surface area (Å²) in [5, 5.41) is 11.7. The molecule has 6 heteroatoms. The Morgan fingerprint density at radius 3 is 2.35 bits per heavy atom. The maximum Gasteiger partial charge on any atom is 0.227 e. The maximum atomic E-state index is 13.6. The van der Waals surface area contributed by atoms with E-state index >= 15 is 0 Å². The van der Waals surface area contributed by atoms with E-state index in [1.807, 2.05) is 6.26 Å². The number of halogens is 2. The first-order chi connectivity index (χ1) is 9.42. The number of carbonyl (C=O) groups is 1. The van der Waals surface area contributed by atoms with Gasteiger partial charge in [-0.05, 0) is 32.2 Å². The number of hydrogen-bond donors (Lipinski definition) is 2. The predicted octanol–water partition coefficient (Wildman–Crippen LogP) is 2.30. The minimum atomic E-state index is -0.931. The summed E-state index contributed by atoms with van der Waals surface area (Å²) in [4.78, 5) is 12.1. The molecule has 1 rings (SSSR count). The Labute approximate surface area is 121 Å². The van der Waals surface area contributed by atoms with Crippen LogP contribution in [0.4, 0.5) is 8.78 Å². The molecule has 1 aromatic rings. The van der Waals surface area contributed by atoms with Crippen LogP contribution in [0.3, 0.4) is 0 Å². The summed E-state index contributed by atoms with van der Waals surface area (Å²) >= 11 is 1.42. The van der Waals surface area contributed by atoms with Crippen molar-refractivity contribution in [3.05, 3.63) is 35.4 Å². The lowest BCUT2D eigenvalue weighted by Crippen LogP contribution is -2.43. The summed E-state index contributed by atoms with van der Waals surface area (Å²) in [6.45, 7) is 3.13. The smallest absolute Gasteiger partial charge is 0.227 e. The summed E-state index contributed by atoms with van der Waals surface area (Å²) in [6, 6.07) is 3.23. The topological polar surface area (TPSA) is 49.3 Å². The Morgan fingerprint density at radius 1 is 1.35 bits per heavy atom. The second-order valence-corrected chi connectivity index (χ2v) is 5.69. The van der Waals surface area contributed by atoms with E-state index in [0.29, 0.717) is 0 Å². The van der Waals surface area contributed by atoms with Gasteiger partial charge in [-0.2, -0.15) is 11.8 Å². The van der Waals surface area contributed by atoms with Gasteiger partial charge in [0.05, 0.1) is 12.5 Å². The average Bonchev–Trinajstić information content (AvgIpc) is 2.39. The molecule has 0 heterocycles. The molecule has 0 saturated carbocycles. The molecular weight excluding hydrogens is 284 g/mol. The molecule has 0 aliphatic carbocycles. The number of aliphatic hydroxyl groups excluding tert-OH is 1. The molecule has 0 aliphatic rings. The van der Waals surface area contributed by atoms with Gasteiger partial charge < -0.3 is 10.4 Å². The van der Waals surface area contributed by atoms with Crippen molar-refractivity contribution >= 4 is 17.7 Å². The highest BCUT2D eigenvalue weighted by molar-refractivity contribution is 7.99. The van der Waals surface area contributed by atoms with Crippen LogP contribution >= 0.6 is 11.8 Å². The minimum Gasteiger partial charge on any atom is -0.395 e. The van der Waals surface area contributed by atoms with Crippen molar-refractivity contribution in [2.24, 2.45) is 0 Å². The summed E-state index contributed by atoms with van der Waals surface area (Å²) < 4.78 is 27.3. The quantitative estimate of drug-likeness (QED) is 0.848. The summed E-state index contributed by atoms with van der Waals surface area (Å²) in [5.41, 5.74) is -0.234. The van der Waals surface area contributed by atoms with Gasteiger partial charge in [0.25, 0.3) is 0 Å². The van der Waals surface area contributed by atoms with Crippen LogP contribution in [0.2, 0.25) is 0 Å². The molecule has 20 heavy (non-hydrogen) atoms. The van der Waals surface area contributed by atoms with E-state index in [1.54, 1.807) is 6.92 Å². The first kappa shape index (κ1) is 16.9. The van der Waals surface area contributed by atoms with Gasteiger partial charge in [-0.3, -0.25) is 4.79 Å². The minimum absolute atomic E-state index is 0.0783. The van der Waals surface area contributed by atoms with Gasteiger partial charge in [0.2, 0.25) is 5.91 Å². The standard InChI is InChI=1S/C14H19F2NO2S/c1-8(13-10(15)5-4-6-11(13)16)14(19)17-9(2)12(7-18)20-3/h4-6,8-9,12,18H,7H2,1-3H3,(H,17,19). The molecule has 3 unspecified atom stereocenters. The van der Waals surface area contributed by atoms with Gasteiger partial charge in [0.15, 0.2) is 0 Å². The number of benzene rings is 1. The van der Waals surface area contributed by atoms with Crippen LogP contribution in [0, 0.1) is 11.6 Å². The number of carbonyl (C=O) groups excluding carboxylic acids is 1. The van der Waals surface area contributed by atoms with Crippen molar-refractivity contribution in [2.45, 2.75) is 31.1 Å². The van der Waals surface area contributed by atoms with Crippen molar-refractivity contribution in [1.29, 1.82) is 0 Å². The second-order valence-electron chi connectivity index (χ2n) is 4.61. The van der Waals surface area contributed by atoms with Crippen LogP contribution in [-0.4, -0.2) is 35.2 Å². The van der Waals surface area contributed by atoms with Crippen molar-refractivity contribution in [3.63, 3.8) is 0 Å². The van der Waals surface area contributed by atoms with E-state index in [4.69, 9.17) is 5.11 Å². The van der Waals surface area contributed by atoms with E-state index < -0.39 is 23.5 Å². The molecule has 1 aromatic carbocycles. The summed E-state index contributed by atoms with van der Waals surface area (Å²) in [7, 11) is 0. The maximum absolute atomic E-state index is 13.6. The first-order valence-electron chi connectivity index (χ1n) is 6.30. The lowest BCUT2D eigenvalue weighted by molar-refractivity contribution is -0.123. The van der Waals surface area contributed by atoms with Crippen LogP contribution < -0.4 is 5.32 Å². The highest BCUT2D eigenvalue weighted by atomic mass is 32.2. The van der Waals surface area contributed by atoms with Crippen molar-refractivity contribution in [1.82, 2.24) is 5.32 Å². The fourth-order valence-corrected chi connectivity index (χ4v) is 2.56. The van der Waals surface area contributed by atoms with E-state index in [1.165, 1.54) is 24.8 Å². The number of aliphatic hydroxyl groups is 1. The number of amides is 1. The lowest BCUT2D eigenvalue weighted by atomic mass is 9.98. The highest BCUT2D eigenvalue weighted by Crippen LogP contribution is 2.23. The fourth-order valence-electron chi connectivity index (χ4n) is 1.93. The lowest BCUT2D eigenvalue weighted by Gasteiger charge is -2.23. The summed E-state index contributed by atoms with van der Waals surface area (Å²) in [6.07, 6.45) is 1.82. The van der Waals surface area contributed by atoms with Crippen molar-refractivity contribution in [2.75, 3.05) is 12.9 Å². The number of nitrogens with one attached hydrogen (secondary N) is 1. The van der Waals surface area contributed by atoms with E-state index in [9.17, 15) is 13.6 Å². The Bertz CT molecular complexity index is 446. The third kappa shape index (κ3) is 3.93. The first-order valence-corrected chi connectivity index (χ1v) is 7.59. The van der Waals surface area contributed by atoms with Crippen molar-refractivity contribution < 1.29 is 18.7 Å². The van der Waals surface area contributed by atoms with Gasteiger partial charge in [-0.1, -0.05) is 6.07 Å². The normalized spacial score (nSPS) is 15.5. The van der Waals surface area contributed by atoms with Gasteiger partial charge in [-0.15, -0.1) is 0 Å². The monoisotopic (exact) mass is 303 g/mol. The molecule has 2 N–H and O–H groups in total. The SMILES string of the molecule is CSC(CO)C(C)NC(=O)C(C)c1c(F)cccc1F. The molecule has 3 atom stereocenters.